The molecule has 0 spiro atoms. The van der Waals surface area contributed by atoms with Gasteiger partial charge in [0.05, 0.1) is 0 Å². The van der Waals surface area contributed by atoms with Crippen LogP contribution in [0.5, 0.6) is 0 Å². The number of rotatable bonds is 0. The minimum absolute atomic E-state index is 0.986. The average molecular weight is 57.0 g/mol. The fourth-order valence-electron chi connectivity index (χ4n) is 0. The molecule has 0 fully saturated rings. The molecule has 1 N–H and O–H groups in total. The first-order valence-corrected chi connectivity index (χ1v) is 0.678. The highest BCUT2D eigenvalue weighted by Gasteiger charge is 1.36. The van der Waals surface area contributed by atoms with E-state index in [4.69, 9.17) is 10.2 Å². The first kappa shape index (κ1) is 3.16. The summed E-state index contributed by atoms with van der Waals surface area (Å²) in [7, 11) is 0. The molecule has 0 atom stereocenters. The zero-order chi connectivity index (χ0) is 3.41. The van der Waals surface area contributed by atoms with Gasteiger partial charge in [-0.25, -0.2) is 5.11 Å². The van der Waals surface area contributed by atoms with Crippen LogP contribution in [0, 0.1) is 12.2 Å². The van der Waals surface area contributed by atoms with Crippen LogP contribution in [0.2, 0.25) is 0 Å². The second-order valence-electron chi connectivity index (χ2n) is 0.214. The molecule has 2 nitrogen and oxygen atoms in total. The van der Waals surface area contributed by atoms with E-state index < -0.39 is 0 Å². The van der Waals surface area contributed by atoms with Crippen LogP contribution in [0.25, 0.3) is 0 Å². The molecule has 0 saturated carbocycles. The fourth-order valence-corrected chi connectivity index (χ4v) is 0. The quantitative estimate of drug-likeness (QED) is 0.381. The Morgan fingerprint density at radius 3 is 2.00 bits per heavy atom. The number of aliphatic hydroxyl groups is 1. The van der Waals surface area contributed by atoms with Gasteiger partial charge in [-0.3, -0.25) is 0 Å². The van der Waals surface area contributed by atoms with Crippen LogP contribution in [0.3, 0.4) is 0 Å². The van der Waals surface area contributed by atoms with Gasteiger partial charge in [0.2, 0.25) is 6.11 Å². The fraction of sp³-hybridized carbons (Fsp3) is 0. The van der Waals surface area contributed by atoms with Crippen molar-refractivity contribution < 1.29 is 10.2 Å². The molecule has 0 saturated heterocycles. The SMILES string of the molecule is [O]C#CO. The molecule has 0 aromatic carbocycles. The van der Waals surface area contributed by atoms with Gasteiger partial charge in [-0.15, -0.1) is 0 Å². The maximum atomic E-state index is 8.69. The molecular weight excluding hydrogens is 56.0 g/mol. The van der Waals surface area contributed by atoms with Crippen molar-refractivity contribution in [2.45, 2.75) is 0 Å². The molecule has 0 aromatic heterocycles. The van der Waals surface area contributed by atoms with E-state index in [9.17, 15) is 0 Å². The van der Waals surface area contributed by atoms with Crippen molar-refractivity contribution in [2.75, 3.05) is 0 Å². The number of aliphatic hydroxyl groups excluding tert-OH is 1. The topological polar surface area (TPSA) is 40.1 Å². The summed E-state index contributed by atoms with van der Waals surface area (Å²) in [6.07, 6.45) is 2.11. The molecule has 21 valence electrons. The molecule has 2 heteroatoms. The molecule has 0 heterocycles. The van der Waals surface area contributed by atoms with E-state index in [1.165, 1.54) is 0 Å². The van der Waals surface area contributed by atoms with Crippen molar-refractivity contribution in [3.63, 3.8) is 0 Å². The number of hydrogen-bond acceptors (Lipinski definition) is 1. The Morgan fingerprint density at radius 2 is 2.00 bits per heavy atom. The Balaban J connectivity index is 2.83. The lowest BCUT2D eigenvalue weighted by atomic mass is 11.2. The lowest BCUT2D eigenvalue weighted by Gasteiger charge is -1.38. The van der Waals surface area contributed by atoms with Gasteiger partial charge in [-0.1, -0.05) is 0 Å². The predicted molar refractivity (Wildman–Crippen MR) is 10.4 cm³/mol. The monoisotopic (exact) mass is 57.0 g/mol. The van der Waals surface area contributed by atoms with E-state index in [0.717, 1.165) is 12.2 Å². The van der Waals surface area contributed by atoms with E-state index in [0.29, 0.717) is 0 Å². The van der Waals surface area contributed by atoms with Gasteiger partial charge in [0, 0.05) is 0 Å². The van der Waals surface area contributed by atoms with Gasteiger partial charge in [0.25, 0.3) is 0 Å². The minimum atomic E-state index is 0.986. The van der Waals surface area contributed by atoms with Crippen LogP contribution in [-0.4, -0.2) is 5.11 Å². The van der Waals surface area contributed by atoms with Crippen molar-refractivity contribution in [3.05, 3.63) is 0 Å². The highest BCUT2D eigenvalue weighted by Crippen LogP contribution is 1.27. The molecule has 4 heavy (non-hydrogen) atoms. The molecule has 0 aliphatic rings. The lowest BCUT2D eigenvalue weighted by Crippen LogP contribution is -1.41. The first-order chi connectivity index (χ1) is 1.91. The largest absolute Gasteiger partial charge is 0.460 e. The Morgan fingerprint density at radius 1 is 1.75 bits per heavy atom. The van der Waals surface area contributed by atoms with Gasteiger partial charge < -0.3 is 5.11 Å². The van der Waals surface area contributed by atoms with Crippen LogP contribution in [0.15, 0.2) is 0 Å². The van der Waals surface area contributed by atoms with Crippen molar-refractivity contribution in [1.82, 2.24) is 0 Å². The Kier molecular flexibility index (Phi) is 1.71. The summed E-state index contributed by atoms with van der Waals surface area (Å²) in [5.41, 5.74) is 0. The summed E-state index contributed by atoms with van der Waals surface area (Å²) < 4.78 is 0. The van der Waals surface area contributed by atoms with Crippen LogP contribution in [0.1, 0.15) is 0 Å². The number of hydrogen-bond donors (Lipinski definition) is 1. The van der Waals surface area contributed by atoms with Crippen LogP contribution < -0.4 is 0 Å². The standard InChI is InChI=1S/C2HO2/c3-1-2-4/h3H. The predicted octanol–water partition coefficient (Wildman–Crippen LogP) is -0.292. The zero-order valence-corrected chi connectivity index (χ0v) is 1.86. The maximum absolute atomic E-state index is 8.69. The molecule has 0 aliphatic heterocycles. The van der Waals surface area contributed by atoms with Gasteiger partial charge in [-0.2, -0.15) is 0 Å². The lowest BCUT2D eigenvalue weighted by molar-refractivity contribution is 0.378. The van der Waals surface area contributed by atoms with Crippen LogP contribution in [0.4, 0.5) is 0 Å². The molecule has 0 rings (SSSR count). The van der Waals surface area contributed by atoms with Gasteiger partial charge in [0.1, 0.15) is 0 Å². The second-order valence-corrected chi connectivity index (χ2v) is 0.214. The smallest absolute Gasteiger partial charge is 0.215 e. The summed E-state index contributed by atoms with van der Waals surface area (Å²) in [5.74, 6) is 0. The van der Waals surface area contributed by atoms with Crippen molar-refractivity contribution in [1.29, 1.82) is 0 Å². The molecule has 0 bridgehead atoms. The molecular formula is C2HO2. The van der Waals surface area contributed by atoms with E-state index >= 15 is 0 Å². The van der Waals surface area contributed by atoms with E-state index in [1.54, 1.807) is 0 Å². The normalized spacial score (nSPS) is 3.00. The third-order valence-electron chi connectivity index (χ3n) is 0.0456. The van der Waals surface area contributed by atoms with Gasteiger partial charge >= 0.3 is 0 Å². The second kappa shape index (κ2) is 2.16. The Hall–Kier alpha value is -0.840. The van der Waals surface area contributed by atoms with Crippen molar-refractivity contribution in [2.24, 2.45) is 0 Å². The van der Waals surface area contributed by atoms with Gasteiger partial charge in [-0.05, 0) is 0 Å². The van der Waals surface area contributed by atoms with Crippen LogP contribution in [-0.2, 0) is 5.11 Å². The molecule has 0 aromatic rings. The van der Waals surface area contributed by atoms with Gasteiger partial charge in [0.15, 0.2) is 6.11 Å². The summed E-state index contributed by atoms with van der Waals surface area (Å²) in [4.78, 5) is 0. The molecule has 0 amide bonds. The summed E-state index contributed by atoms with van der Waals surface area (Å²) in [6, 6.07) is 0. The van der Waals surface area contributed by atoms with E-state index in [1.807, 2.05) is 0 Å². The zero-order valence-electron chi connectivity index (χ0n) is 1.86. The van der Waals surface area contributed by atoms with E-state index in [2.05, 4.69) is 0 Å². The summed E-state index contributed by atoms with van der Waals surface area (Å²) in [6.45, 7) is 0. The average Bonchev–Trinajstić information content (AvgIpc) is 1.37. The van der Waals surface area contributed by atoms with E-state index in [-0.39, 0.29) is 0 Å². The molecule has 0 aliphatic carbocycles. The Bertz CT molecular complexity index is 40.8. The van der Waals surface area contributed by atoms with Crippen LogP contribution >= 0.6 is 0 Å². The highest BCUT2D eigenvalue weighted by molar-refractivity contribution is 4.72. The van der Waals surface area contributed by atoms with Crippen molar-refractivity contribution in [3.8, 4) is 12.2 Å². The van der Waals surface area contributed by atoms with Crippen molar-refractivity contribution >= 4 is 0 Å². The molecule has 0 unspecified atom stereocenters. The first-order valence-electron chi connectivity index (χ1n) is 0.678. The minimum Gasteiger partial charge on any atom is -0.460 e. The maximum Gasteiger partial charge on any atom is 0.215 e. The highest BCUT2D eigenvalue weighted by atomic mass is 16.3. The Labute approximate surface area is 23.7 Å². The summed E-state index contributed by atoms with van der Waals surface area (Å²) >= 11 is 0. The molecule has 1 radical (unpaired) electrons. The third-order valence-corrected chi connectivity index (χ3v) is 0.0456. The summed E-state index contributed by atoms with van der Waals surface area (Å²) in [5, 5.41) is 15.9. The third kappa shape index (κ3) is 1.16.